The summed E-state index contributed by atoms with van der Waals surface area (Å²) in [5.41, 5.74) is 4.23. The fourth-order valence-corrected chi connectivity index (χ4v) is 6.01. The van der Waals surface area contributed by atoms with Crippen molar-refractivity contribution in [3.8, 4) is 11.8 Å². The standard InChI is InChI=1S/C26H27N3O4S/c1-16-24(30)23-14-21(29-34(2,31)32)13-22(25(23)33-26(16)7-9-28-10-8-26)20-6-5-18-11-17(15-27)3-4-19(18)12-20/h3-4,11,13-14,20,28-29H,1,5-10,12H2,2H3. The van der Waals surface area contributed by atoms with Gasteiger partial charge in [0, 0.05) is 29.7 Å². The number of ether oxygens (including phenoxy) is 1. The molecule has 8 heteroatoms. The lowest BCUT2D eigenvalue weighted by atomic mass is 9.75. The van der Waals surface area contributed by atoms with E-state index in [1.54, 1.807) is 6.07 Å². The number of rotatable bonds is 3. The molecule has 2 aliphatic heterocycles. The number of ketones is 1. The van der Waals surface area contributed by atoms with Gasteiger partial charge in [-0.05, 0) is 73.7 Å². The largest absolute Gasteiger partial charge is 0.481 e. The molecular formula is C26H27N3O4S. The molecule has 1 spiro atoms. The molecule has 2 heterocycles. The molecule has 3 aliphatic rings. The van der Waals surface area contributed by atoms with Crippen molar-refractivity contribution in [2.24, 2.45) is 0 Å². The Bertz CT molecular complexity index is 1350. The molecule has 5 rings (SSSR count). The number of nitrogens with zero attached hydrogens (tertiary/aromatic N) is 1. The summed E-state index contributed by atoms with van der Waals surface area (Å²) in [6.45, 7) is 5.57. The third-order valence-electron chi connectivity index (χ3n) is 7.20. The minimum Gasteiger partial charge on any atom is -0.481 e. The molecule has 2 aromatic carbocycles. The lowest BCUT2D eigenvalue weighted by Gasteiger charge is -2.43. The highest BCUT2D eigenvalue weighted by Crippen LogP contribution is 2.48. The van der Waals surface area contributed by atoms with E-state index in [-0.39, 0.29) is 11.7 Å². The van der Waals surface area contributed by atoms with Crippen molar-refractivity contribution < 1.29 is 17.9 Å². The number of carbonyl (C=O) groups excluding carboxylic acids is 1. The van der Waals surface area contributed by atoms with Crippen LogP contribution in [0.2, 0.25) is 0 Å². The molecule has 2 N–H and O–H groups in total. The Labute approximate surface area is 199 Å². The Balaban J connectivity index is 1.61. The normalized spacial score (nSPS) is 21.2. The number of hydrogen-bond acceptors (Lipinski definition) is 6. The summed E-state index contributed by atoms with van der Waals surface area (Å²) in [5.74, 6) is 0.422. The number of fused-ring (bicyclic) bond motifs is 2. The predicted molar refractivity (Wildman–Crippen MR) is 130 cm³/mol. The number of hydrogen-bond donors (Lipinski definition) is 2. The zero-order chi connectivity index (χ0) is 24.1. The molecular weight excluding hydrogens is 450 g/mol. The van der Waals surface area contributed by atoms with E-state index in [1.165, 1.54) is 0 Å². The van der Waals surface area contributed by atoms with E-state index in [4.69, 9.17) is 4.74 Å². The van der Waals surface area contributed by atoms with Crippen LogP contribution in [0, 0.1) is 11.3 Å². The quantitative estimate of drug-likeness (QED) is 0.656. The van der Waals surface area contributed by atoms with E-state index in [2.05, 4.69) is 22.7 Å². The zero-order valence-corrected chi connectivity index (χ0v) is 19.9. The Morgan fingerprint density at radius 2 is 1.97 bits per heavy atom. The molecule has 1 fully saturated rings. The molecule has 0 amide bonds. The minimum absolute atomic E-state index is 0.0495. The van der Waals surface area contributed by atoms with Crippen LogP contribution in [0.25, 0.3) is 0 Å². The van der Waals surface area contributed by atoms with Crippen LogP contribution in [-0.4, -0.2) is 39.1 Å². The first kappa shape index (κ1) is 22.6. The first-order valence-corrected chi connectivity index (χ1v) is 13.4. The number of aryl methyl sites for hydroxylation is 1. The number of benzene rings is 2. The van der Waals surface area contributed by atoms with E-state index in [9.17, 15) is 18.5 Å². The van der Waals surface area contributed by atoms with Crippen LogP contribution >= 0.6 is 0 Å². The molecule has 0 bridgehead atoms. The van der Waals surface area contributed by atoms with Gasteiger partial charge in [-0.15, -0.1) is 0 Å². The molecule has 7 nitrogen and oxygen atoms in total. The van der Waals surface area contributed by atoms with E-state index >= 15 is 0 Å². The molecule has 176 valence electrons. The van der Waals surface area contributed by atoms with E-state index in [0.717, 1.165) is 55.3 Å². The lowest BCUT2D eigenvalue weighted by Crippen LogP contribution is -2.51. The maximum atomic E-state index is 13.5. The van der Waals surface area contributed by atoms with Gasteiger partial charge >= 0.3 is 0 Å². The van der Waals surface area contributed by atoms with Gasteiger partial charge in [-0.2, -0.15) is 5.26 Å². The predicted octanol–water partition coefficient (Wildman–Crippen LogP) is 3.46. The molecule has 2 aromatic rings. The Morgan fingerprint density at radius 3 is 2.68 bits per heavy atom. The summed E-state index contributed by atoms with van der Waals surface area (Å²) >= 11 is 0. The molecule has 0 aromatic heterocycles. The van der Waals surface area contributed by atoms with Gasteiger partial charge < -0.3 is 10.1 Å². The van der Waals surface area contributed by atoms with Crippen LogP contribution in [0.1, 0.15) is 57.8 Å². The Kier molecular flexibility index (Phi) is 5.50. The van der Waals surface area contributed by atoms with Crippen LogP contribution in [0.5, 0.6) is 5.75 Å². The van der Waals surface area contributed by atoms with Gasteiger partial charge in [0.1, 0.15) is 11.4 Å². The van der Waals surface area contributed by atoms with Gasteiger partial charge in [0.2, 0.25) is 10.0 Å². The van der Waals surface area contributed by atoms with Crippen molar-refractivity contribution >= 4 is 21.5 Å². The highest BCUT2D eigenvalue weighted by atomic mass is 32.2. The van der Waals surface area contributed by atoms with Crippen molar-refractivity contribution in [2.45, 2.75) is 43.6 Å². The maximum absolute atomic E-state index is 13.5. The molecule has 1 atom stereocenters. The fraction of sp³-hybridized carbons (Fsp3) is 0.385. The van der Waals surface area contributed by atoms with Crippen LogP contribution in [0.3, 0.4) is 0 Å². The summed E-state index contributed by atoms with van der Waals surface area (Å²) < 4.78 is 33.2. The smallest absolute Gasteiger partial charge is 0.229 e. The summed E-state index contributed by atoms with van der Waals surface area (Å²) in [6, 6.07) is 11.3. The lowest BCUT2D eigenvalue weighted by molar-refractivity contribution is 0.0530. The van der Waals surface area contributed by atoms with Crippen LogP contribution in [-0.2, 0) is 22.9 Å². The molecule has 0 radical (unpaired) electrons. The van der Waals surface area contributed by atoms with Crippen LogP contribution in [0.15, 0.2) is 42.5 Å². The average molecular weight is 478 g/mol. The van der Waals surface area contributed by atoms with Gasteiger partial charge in [0.15, 0.2) is 5.78 Å². The number of piperidine rings is 1. The summed E-state index contributed by atoms with van der Waals surface area (Å²) in [6.07, 6.45) is 4.74. The van der Waals surface area contributed by atoms with E-state index in [1.807, 2.05) is 24.3 Å². The second-order valence-corrected chi connectivity index (χ2v) is 11.3. The Morgan fingerprint density at radius 1 is 1.21 bits per heavy atom. The molecule has 34 heavy (non-hydrogen) atoms. The second kappa shape index (κ2) is 8.26. The van der Waals surface area contributed by atoms with Gasteiger partial charge in [-0.3, -0.25) is 9.52 Å². The SMILES string of the molecule is C=C1C(=O)c2cc(NS(C)(=O)=O)cc(C3CCc4cc(C#N)ccc4C3)c2OC12CCNCC2. The van der Waals surface area contributed by atoms with Gasteiger partial charge in [-0.25, -0.2) is 8.42 Å². The van der Waals surface area contributed by atoms with Crippen molar-refractivity contribution in [3.05, 3.63) is 70.3 Å². The highest BCUT2D eigenvalue weighted by molar-refractivity contribution is 7.92. The number of carbonyl (C=O) groups is 1. The van der Waals surface area contributed by atoms with Gasteiger partial charge in [-0.1, -0.05) is 12.6 Å². The van der Waals surface area contributed by atoms with Crippen LogP contribution < -0.4 is 14.8 Å². The summed E-state index contributed by atoms with van der Waals surface area (Å²) in [4.78, 5) is 13.5. The number of nitrogens with one attached hydrogen (secondary N) is 2. The van der Waals surface area contributed by atoms with Gasteiger partial charge in [0.25, 0.3) is 0 Å². The van der Waals surface area contributed by atoms with Crippen LogP contribution in [0.4, 0.5) is 5.69 Å². The number of nitriles is 1. The number of Topliss-reactive ketones (excluding diaryl/α,β-unsaturated/α-hetero) is 1. The highest BCUT2D eigenvalue weighted by Gasteiger charge is 2.46. The fourth-order valence-electron chi connectivity index (χ4n) is 5.46. The average Bonchev–Trinajstić information content (AvgIpc) is 2.82. The van der Waals surface area contributed by atoms with Crippen molar-refractivity contribution in [3.63, 3.8) is 0 Å². The Hall–Kier alpha value is -3.15. The summed E-state index contributed by atoms with van der Waals surface area (Å²) in [7, 11) is -3.53. The third kappa shape index (κ3) is 3.99. The molecule has 1 aliphatic carbocycles. The molecule has 1 unspecified atom stereocenters. The van der Waals surface area contributed by atoms with Crippen molar-refractivity contribution in [1.82, 2.24) is 5.32 Å². The van der Waals surface area contributed by atoms with E-state index < -0.39 is 15.6 Å². The molecule has 0 saturated carbocycles. The monoisotopic (exact) mass is 477 g/mol. The second-order valence-electron chi connectivity index (χ2n) is 9.51. The maximum Gasteiger partial charge on any atom is 0.229 e. The number of sulfonamides is 1. The first-order valence-electron chi connectivity index (χ1n) is 11.5. The first-order chi connectivity index (χ1) is 16.2. The van der Waals surface area contributed by atoms with Crippen molar-refractivity contribution in [1.29, 1.82) is 5.26 Å². The topological polar surface area (TPSA) is 108 Å². The van der Waals surface area contributed by atoms with Crippen molar-refractivity contribution in [2.75, 3.05) is 24.1 Å². The third-order valence-corrected chi connectivity index (χ3v) is 7.81. The zero-order valence-electron chi connectivity index (χ0n) is 19.1. The van der Waals surface area contributed by atoms with E-state index in [0.29, 0.717) is 41.0 Å². The number of anilines is 1. The molecule has 1 saturated heterocycles. The van der Waals surface area contributed by atoms with Gasteiger partial charge in [0.05, 0.1) is 23.5 Å². The summed E-state index contributed by atoms with van der Waals surface area (Å²) in [5, 5.41) is 12.5. The minimum atomic E-state index is -3.53.